The molecule has 0 bridgehead atoms. The minimum atomic E-state index is -4.76. The topological polar surface area (TPSA) is 44.8 Å². The molecule has 0 spiro atoms. The Morgan fingerprint density at radius 3 is 2.35 bits per heavy atom. The molecule has 2 aromatic carbocycles. The zero-order valence-corrected chi connectivity index (χ0v) is 17.6. The molecule has 1 amide bonds. The van der Waals surface area contributed by atoms with Gasteiger partial charge in [-0.05, 0) is 49.2 Å². The standard InChI is InChI=1S/C23H28F3N3O2/c1-28-14-16-29(17-15-28)13-12-18-6-9-20(10-7-18)27-22(30)11-8-19-4-2-3-5-21(19)31-23(24,25)26/h2-7,9-10H,8,11-17H2,1H3,(H,27,30). The molecular formula is C23H28F3N3O2. The minimum Gasteiger partial charge on any atom is -0.406 e. The molecule has 1 aliphatic heterocycles. The van der Waals surface area contributed by atoms with Crippen molar-refractivity contribution in [2.75, 3.05) is 45.1 Å². The zero-order chi connectivity index (χ0) is 22.3. The molecule has 0 unspecified atom stereocenters. The highest BCUT2D eigenvalue weighted by molar-refractivity contribution is 5.90. The van der Waals surface area contributed by atoms with E-state index in [1.165, 1.54) is 23.8 Å². The van der Waals surface area contributed by atoms with Crippen molar-refractivity contribution in [3.8, 4) is 5.75 Å². The maximum absolute atomic E-state index is 12.5. The molecule has 1 N–H and O–H groups in total. The molecule has 0 radical (unpaired) electrons. The van der Waals surface area contributed by atoms with Crippen LogP contribution in [-0.2, 0) is 17.6 Å². The molecule has 0 aliphatic carbocycles. The van der Waals surface area contributed by atoms with Gasteiger partial charge in [0.25, 0.3) is 0 Å². The van der Waals surface area contributed by atoms with E-state index >= 15 is 0 Å². The number of nitrogens with zero attached hydrogens (tertiary/aromatic N) is 2. The lowest BCUT2D eigenvalue weighted by Crippen LogP contribution is -2.45. The summed E-state index contributed by atoms with van der Waals surface area (Å²) >= 11 is 0. The van der Waals surface area contributed by atoms with Crippen LogP contribution in [0.1, 0.15) is 17.5 Å². The summed E-state index contributed by atoms with van der Waals surface area (Å²) in [6.07, 6.45) is -3.59. The first-order chi connectivity index (χ1) is 14.8. The van der Waals surface area contributed by atoms with Gasteiger partial charge in [0.15, 0.2) is 0 Å². The number of amides is 1. The number of benzene rings is 2. The van der Waals surface area contributed by atoms with E-state index in [0.717, 1.165) is 39.1 Å². The zero-order valence-electron chi connectivity index (χ0n) is 17.6. The van der Waals surface area contributed by atoms with Crippen LogP contribution in [0.15, 0.2) is 48.5 Å². The minimum absolute atomic E-state index is 0.0589. The number of halogens is 3. The van der Waals surface area contributed by atoms with Gasteiger partial charge in [-0.3, -0.25) is 4.79 Å². The molecule has 1 fully saturated rings. The van der Waals surface area contributed by atoms with Crippen LogP contribution in [0.25, 0.3) is 0 Å². The Kier molecular flexibility index (Phi) is 7.92. The van der Waals surface area contributed by atoms with Crippen LogP contribution in [0, 0.1) is 0 Å². The van der Waals surface area contributed by atoms with Gasteiger partial charge in [-0.15, -0.1) is 13.2 Å². The van der Waals surface area contributed by atoms with E-state index in [-0.39, 0.29) is 24.5 Å². The third-order valence-electron chi connectivity index (χ3n) is 5.37. The van der Waals surface area contributed by atoms with Crippen LogP contribution >= 0.6 is 0 Å². The smallest absolute Gasteiger partial charge is 0.406 e. The van der Waals surface area contributed by atoms with Crippen molar-refractivity contribution in [3.63, 3.8) is 0 Å². The van der Waals surface area contributed by atoms with E-state index < -0.39 is 6.36 Å². The Bertz CT molecular complexity index is 848. The Morgan fingerprint density at radius 2 is 1.68 bits per heavy atom. The summed E-state index contributed by atoms with van der Waals surface area (Å²) in [6.45, 7) is 5.37. The van der Waals surface area contributed by atoms with Crippen LogP contribution in [0.3, 0.4) is 0 Å². The van der Waals surface area contributed by atoms with Gasteiger partial charge >= 0.3 is 6.36 Å². The monoisotopic (exact) mass is 435 g/mol. The molecule has 31 heavy (non-hydrogen) atoms. The van der Waals surface area contributed by atoms with E-state index in [1.807, 2.05) is 24.3 Å². The number of piperazine rings is 1. The van der Waals surface area contributed by atoms with Crippen molar-refractivity contribution in [1.29, 1.82) is 0 Å². The van der Waals surface area contributed by atoms with Gasteiger partial charge in [-0.1, -0.05) is 30.3 Å². The lowest BCUT2D eigenvalue weighted by molar-refractivity contribution is -0.274. The summed E-state index contributed by atoms with van der Waals surface area (Å²) in [7, 11) is 2.14. The van der Waals surface area contributed by atoms with Crippen molar-refractivity contribution >= 4 is 11.6 Å². The van der Waals surface area contributed by atoms with Gasteiger partial charge in [0.1, 0.15) is 5.75 Å². The van der Waals surface area contributed by atoms with Crippen molar-refractivity contribution in [1.82, 2.24) is 9.80 Å². The Labute approximate surface area is 180 Å². The summed E-state index contributed by atoms with van der Waals surface area (Å²) in [4.78, 5) is 17.0. The van der Waals surface area contributed by atoms with Gasteiger partial charge in [-0.25, -0.2) is 0 Å². The Balaban J connectivity index is 1.45. The first-order valence-electron chi connectivity index (χ1n) is 10.4. The van der Waals surface area contributed by atoms with Gasteiger partial charge in [0.2, 0.25) is 5.91 Å². The number of anilines is 1. The molecule has 1 saturated heterocycles. The third kappa shape index (κ3) is 7.88. The summed E-state index contributed by atoms with van der Waals surface area (Å²) in [5.41, 5.74) is 2.22. The van der Waals surface area contributed by atoms with Crippen molar-refractivity contribution in [3.05, 3.63) is 59.7 Å². The number of carbonyl (C=O) groups is 1. The molecule has 2 aromatic rings. The van der Waals surface area contributed by atoms with Crippen molar-refractivity contribution < 1.29 is 22.7 Å². The number of nitrogens with one attached hydrogen (secondary N) is 1. The summed E-state index contributed by atoms with van der Waals surface area (Å²) in [6, 6.07) is 13.6. The molecular weight excluding hydrogens is 407 g/mol. The fourth-order valence-electron chi connectivity index (χ4n) is 3.52. The van der Waals surface area contributed by atoms with Gasteiger partial charge in [0.05, 0.1) is 0 Å². The Hall–Kier alpha value is -2.58. The fraction of sp³-hybridized carbons (Fsp3) is 0.435. The largest absolute Gasteiger partial charge is 0.573 e. The van der Waals surface area contributed by atoms with Crippen LogP contribution in [0.5, 0.6) is 5.75 Å². The number of para-hydroxylation sites is 1. The molecule has 0 saturated carbocycles. The second-order valence-electron chi connectivity index (χ2n) is 7.80. The number of likely N-dealkylation sites (N-methyl/N-ethyl adjacent to an activating group) is 1. The summed E-state index contributed by atoms with van der Waals surface area (Å²) < 4.78 is 41.6. The van der Waals surface area contributed by atoms with E-state index in [2.05, 4.69) is 26.9 Å². The highest BCUT2D eigenvalue weighted by Gasteiger charge is 2.31. The lowest BCUT2D eigenvalue weighted by atomic mass is 10.1. The summed E-state index contributed by atoms with van der Waals surface area (Å²) in [5.74, 6) is -0.528. The molecule has 1 heterocycles. The Morgan fingerprint density at radius 1 is 1.00 bits per heavy atom. The maximum atomic E-state index is 12.5. The average Bonchev–Trinajstić information content (AvgIpc) is 2.73. The second-order valence-corrected chi connectivity index (χ2v) is 7.80. The first kappa shape index (κ1) is 23.1. The van der Waals surface area contributed by atoms with E-state index in [4.69, 9.17) is 0 Å². The van der Waals surface area contributed by atoms with Crippen molar-refractivity contribution in [2.24, 2.45) is 0 Å². The molecule has 0 atom stereocenters. The number of hydrogen-bond donors (Lipinski definition) is 1. The number of hydrogen-bond acceptors (Lipinski definition) is 4. The third-order valence-corrected chi connectivity index (χ3v) is 5.37. The number of carbonyl (C=O) groups excluding carboxylic acids is 1. The second kappa shape index (κ2) is 10.6. The van der Waals surface area contributed by atoms with Crippen LogP contribution in [0.2, 0.25) is 0 Å². The van der Waals surface area contributed by atoms with E-state index in [1.54, 1.807) is 6.07 Å². The first-order valence-corrected chi connectivity index (χ1v) is 10.4. The van der Waals surface area contributed by atoms with Gasteiger partial charge in [0, 0.05) is 44.8 Å². The maximum Gasteiger partial charge on any atom is 0.573 e. The molecule has 8 heteroatoms. The highest BCUT2D eigenvalue weighted by Crippen LogP contribution is 2.27. The number of alkyl halides is 3. The van der Waals surface area contributed by atoms with E-state index in [0.29, 0.717) is 11.3 Å². The van der Waals surface area contributed by atoms with Crippen LogP contribution in [0.4, 0.5) is 18.9 Å². The fourth-order valence-corrected chi connectivity index (χ4v) is 3.52. The molecule has 168 valence electrons. The van der Waals surface area contributed by atoms with E-state index in [9.17, 15) is 18.0 Å². The van der Waals surface area contributed by atoms with Crippen LogP contribution in [-0.4, -0.2) is 61.8 Å². The quantitative estimate of drug-likeness (QED) is 0.682. The predicted octanol–water partition coefficient (Wildman–Crippen LogP) is 3.95. The molecule has 0 aromatic heterocycles. The van der Waals surface area contributed by atoms with Crippen LogP contribution < -0.4 is 10.1 Å². The number of rotatable bonds is 8. The highest BCUT2D eigenvalue weighted by atomic mass is 19.4. The molecule has 5 nitrogen and oxygen atoms in total. The number of ether oxygens (including phenoxy) is 1. The average molecular weight is 435 g/mol. The SMILES string of the molecule is CN1CCN(CCc2ccc(NC(=O)CCc3ccccc3OC(F)(F)F)cc2)CC1. The number of aryl methyl sites for hydroxylation is 1. The normalized spacial score (nSPS) is 15.6. The molecule has 3 rings (SSSR count). The molecule has 1 aliphatic rings. The van der Waals surface area contributed by atoms with Crippen molar-refractivity contribution in [2.45, 2.75) is 25.6 Å². The predicted molar refractivity (Wildman–Crippen MR) is 114 cm³/mol. The van der Waals surface area contributed by atoms with Gasteiger partial charge < -0.3 is 19.9 Å². The summed E-state index contributed by atoms with van der Waals surface area (Å²) in [5, 5.41) is 2.80. The van der Waals surface area contributed by atoms with Gasteiger partial charge in [-0.2, -0.15) is 0 Å². The lowest BCUT2D eigenvalue weighted by Gasteiger charge is -2.32.